The van der Waals surface area contributed by atoms with Crippen LogP contribution >= 0.6 is 22.6 Å². The van der Waals surface area contributed by atoms with Gasteiger partial charge in [0.2, 0.25) is 0 Å². The number of hydrogen-bond donors (Lipinski definition) is 0. The van der Waals surface area contributed by atoms with Gasteiger partial charge in [-0.1, -0.05) is 27.8 Å². The van der Waals surface area contributed by atoms with E-state index in [1.54, 1.807) is 6.92 Å². The zero-order valence-corrected chi connectivity index (χ0v) is 4.97. The van der Waals surface area contributed by atoms with E-state index < -0.39 is 0 Å². The molecule has 0 heterocycles. The molecule has 0 aromatic carbocycles. The van der Waals surface area contributed by atoms with Crippen LogP contribution < -0.4 is 0 Å². The van der Waals surface area contributed by atoms with E-state index in [2.05, 4.69) is 5.18 Å². The molecule has 0 unspecified atom stereocenters. The first-order valence-corrected chi connectivity index (χ1v) is 2.48. The van der Waals surface area contributed by atoms with Crippen LogP contribution in [0.15, 0.2) is 5.18 Å². The molecular formula is C2H4INO. The molecule has 0 aromatic heterocycles. The van der Waals surface area contributed by atoms with Crippen molar-refractivity contribution in [1.29, 1.82) is 0 Å². The Morgan fingerprint density at radius 2 is 2.20 bits per heavy atom. The van der Waals surface area contributed by atoms with Crippen LogP contribution in [0.25, 0.3) is 0 Å². The van der Waals surface area contributed by atoms with Gasteiger partial charge in [-0.05, 0) is 6.92 Å². The normalized spacial score (nSPS) is 14.0. The lowest BCUT2D eigenvalue weighted by Gasteiger charge is -1.75. The first-order valence-electron chi connectivity index (χ1n) is 1.24. The Morgan fingerprint density at radius 1 is 2.00 bits per heavy atom. The summed E-state index contributed by atoms with van der Waals surface area (Å²) in [7, 11) is 0. The second-order valence-corrected chi connectivity index (χ2v) is 2.48. The third-order valence-electron chi connectivity index (χ3n) is 0.145. The average molecular weight is 185 g/mol. The SMILES string of the molecule is C[C@H](I)N=O. The number of nitrogens with zero attached hydrogens (tertiary/aromatic N) is 1. The van der Waals surface area contributed by atoms with Gasteiger partial charge >= 0.3 is 0 Å². The minimum absolute atomic E-state index is 0.0763. The van der Waals surface area contributed by atoms with Gasteiger partial charge in [0.25, 0.3) is 0 Å². The van der Waals surface area contributed by atoms with Gasteiger partial charge in [0.15, 0.2) is 0 Å². The smallest absolute Gasteiger partial charge is 0.140 e. The molecular weight excluding hydrogens is 181 g/mol. The van der Waals surface area contributed by atoms with Gasteiger partial charge in [-0.15, -0.1) is 4.91 Å². The lowest BCUT2D eigenvalue weighted by Crippen LogP contribution is -1.73. The van der Waals surface area contributed by atoms with Gasteiger partial charge in [-0.3, -0.25) is 0 Å². The predicted molar refractivity (Wildman–Crippen MR) is 29.3 cm³/mol. The highest BCUT2D eigenvalue weighted by Crippen LogP contribution is 1.95. The maximum Gasteiger partial charge on any atom is 0.140 e. The van der Waals surface area contributed by atoms with E-state index in [1.807, 2.05) is 22.6 Å². The molecule has 0 spiro atoms. The van der Waals surface area contributed by atoms with Gasteiger partial charge in [0.1, 0.15) is 4.05 Å². The summed E-state index contributed by atoms with van der Waals surface area (Å²) in [6, 6.07) is 0. The van der Waals surface area contributed by atoms with Crippen LogP contribution in [0.1, 0.15) is 6.92 Å². The quantitative estimate of drug-likeness (QED) is 0.263. The number of hydrogen-bond acceptors (Lipinski definition) is 2. The third-order valence-corrected chi connectivity index (χ3v) is 0.373. The molecule has 0 aliphatic heterocycles. The Kier molecular flexibility index (Phi) is 2.73. The highest BCUT2D eigenvalue weighted by atomic mass is 127. The fraction of sp³-hybridized carbons (Fsp3) is 1.00. The summed E-state index contributed by atoms with van der Waals surface area (Å²) < 4.78 is -0.0763. The zero-order valence-electron chi connectivity index (χ0n) is 2.81. The summed E-state index contributed by atoms with van der Waals surface area (Å²) in [5.41, 5.74) is 0. The summed E-state index contributed by atoms with van der Waals surface area (Å²) in [4.78, 5) is 9.25. The van der Waals surface area contributed by atoms with Crippen molar-refractivity contribution in [2.75, 3.05) is 0 Å². The monoisotopic (exact) mass is 185 g/mol. The number of halogens is 1. The van der Waals surface area contributed by atoms with Crippen molar-refractivity contribution in [2.24, 2.45) is 5.18 Å². The van der Waals surface area contributed by atoms with E-state index in [-0.39, 0.29) is 4.05 Å². The molecule has 0 aliphatic rings. The fourth-order valence-electron chi connectivity index (χ4n) is 0. The second kappa shape index (κ2) is 2.56. The van der Waals surface area contributed by atoms with Crippen LogP contribution in [-0.4, -0.2) is 4.05 Å². The lowest BCUT2D eigenvalue weighted by atomic mass is 10.8. The highest BCUT2D eigenvalue weighted by Gasteiger charge is 1.83. The molecule has 30 valence electrons. The van der Waals surface area contributed by atoms with Crippen molar-refractivity contribution in [3.63, 3.8) is 0 Å². The van der Waals surface area contributed by atoms with Crippen LogP contribution in [0, 0.1) is 4.91 Å². The first-order chi connectivity index (χ1) is 2.27. The van der Waals surface area contributed by atoms with Crippen molar-refractivity contribution in [1.82, 2.24) is 0 Å². The standard InChI is InChI=1S/C2H4INO/c1-2(3)4-5/h2H,1H3/t2-/m1/s1. The molecule has 0 bridgehead atoms. The molecule has 2 nitrogen and oxygen atoms in total. The summed E-state index contributed by atoms with van der Waals surface area (Å²) in [5, 5.41) is 2.63. The van der Waals surface area contributed by atoms with Crippen molar-refractivity contribution in [2.45, 2.75) is 11.0 Å². The molecule has 0 radical (unpaired) electrons. The van der Waals surface area contributed by atoms with E-state index in [4.69, 9.17) is 0 Å². The van der Waals surface area contributed by atoms with E-state index in [0.29, 0.717) is 0 Å². The Balaban J connectivity index is 2.83. The highest BCUT2D eigenvalue weighted by molar-refractivity contribution is 14.1. The number of nitroso groups, excluding NO2 is 1. The fourth-order valence-corrected chi connectivity index (χ4v) is 0. The molecule has 0 fully saturated rings. The van der Waals surface area contributed by atoms with E-state index in [1.165, 1.54) is 0 Å². The minimum atomic E-state index is -0.0763. The molecule has 0 saturated carbocycles. The molecule has 0 rings (SSSR count). The van der Waals surface area contributed by atoms with Gasteiger partial charge in [0.05, 0.1) is 0 Å². The molecule has 1 atom stereocenters. The molecule has 5 heavy (non-hydrogen) atoms. The van der Waals surface area contributed by atoms with Gasteiger partial charge in [-0.25, -0.2) is 0 Å². The zero-order chi connectivity index (χ0) is 4.28. The first kappa shape index (κ1) is 5.33. The van der Waals surface area contributed by atoms with Gasteiger partial charge in [-0.2, -0.15) is 0 Å². The summed E-state index contributed by atoms with van der Waals surface area (Å²) in [6.45, 7) is 1.73. The Morgan fingerprint density at radius 3 is 2.20 bits per heavy atom. The second-order valence-electron chi connectivity index (χ2n) is 0.679. The van der Waals surface area contributed by atoms with Crippen LogP contribution in [0.5, 0.6) is 0 Å². The van der Waals surface area contributed by atoms with Crippen LogP contribution in [0.3, 0.4) is 0 Å². The third kappa shape index (κ3) is 4.33. The predicted octanol–water partition coefficient (Wildman–Crippen LogP) is 1.53. The van der Waals surface area contributed by atoms with E-state index in [0.717, 1.165) is 0 Å². The molecule has 0 N–H and O–H groups in total. The lowest BCUT2D eigenvalue weighted by molar-refractivity contribution is 1.07. The van der Waals surface area contributed by atoms with Gasteiger partial charge < -0.3 is 0 Å². The van der Waals surface area contributed by atoms with Crippen molar-refractivity contribution in [3.05, 3.63) is 4.91 Å². The average Bonchev–Trinajstić information content (AvgIpc) is 1.38. The van der Waals surface area contributed by atoms with Crippen LogP contribution in [-0.2, 0) is 0 Å². The number of alkyl halides is 1. The topological polar surface area (TPSA) is 29.4 Å². The van der Waals surface area contributed by atoms with Crippen molar-refractivity contribution >= 4 is 22.6 Å². The van der Waals surface area contributed by atoms with Crippen LogP contribution in [0.2, 0.25) is 0 Å². The van der Waals surface area contributed by atoms with Crippen LogP contribution in [0.4, 0.5) is 0 Å². The van der Waals surface area contributed by atoms with Crippen molar-refractivity contribution in [3.8, 4) is 0 Å². The molecule has 0 amide bonds. The molecule has 3 heteroatoms. The maximum absolute atomic E-state index is 9.25. The minimum Gasteiger partial charge on any atom is -0.150 e. The Hall–Kier alpha value is 0.330. The maximum atomic E-state index is 9.25. The largest absolute Gasteiger partial charge is 0.150 e. The molecule has 0 aromatic rings. The van der Waals surface area contributed by atoms with Crippen molar-refractivity contribution < 1.29 is 0 Å². The molecule has 0 saturated heterocycles. The Bertz CT molecular complexity index is 36.6. The summed E-state index contributed by atoms with van der Waals surface area (Å²) in [5.74, 6) is 0. The van der Waals surface area contributed by atoms with E-state index >= 15 is 0 Å². The number of rotatable bonds is 1. The summed E-state index contributed by atoms with van der Waals surface area (Å²) >= 11 is 1.93. The van der Waals surface area contributed by atoms with E-state index in [9.17, 15) is 4.91 Å². The Labute approximate surface area is 44.1 Å². The van der Waals surface area contributed by atoms with Gasteiger partial charge in [0, 0.05) is 0 Å². The summed E-state index contributed by atoms with van der Waals surface area (Å²) in [6.07, 6.45) is 0. The molecule has 0 aliphatic carbocycles.